The summed E-state index contributed by atoms with van der Waals surface area (Å²) in [7, 11) is 0. The molecule has 0 aromatic heterocycles. The van der Waals surface area contributed by atoms with Gasteiger partial charge in [0.25, 0.3) is 0 Å². The molecule has 0 bridgehead atoms. The van der Waals surface area contributed by atoms with Crippen molar-refractivity contribution in [1.82, 2.24) is 10.6 Å². The van der Waals surface area contributed by atoms with Crippen LogP contribution < -0.4 is 10.6 Å². The minimum absolute atomic E-state index is 0.0153. The average molecular weight is 218 g/mol. The van der Waals surface area contributed by atoms with Crippen LogP contribution in [0.1, 0.15) is 6.92 Å². The molecule has 0 aromatic carbocycles. The Hall–Kier alpha value is -0.260. The van der Waals surface area contributed by atoms with Crippen LogP contribution in [-0.4, -0.2) is 49.8 Å². The summed E-state index contributed by atoms with van der Waals surface area (Å²) in [6, 6.07) is 0.223. The fourth-order valence-corrected chi connectivity index (χ4v) is 1.77. The first kappa shape index (κ1) is 11.8. The second-order valence-corrected chi connectivity index (χ2v) is 4.43. The summed E-state index contributed by atoms with van der Waals surface area (Å²) in [6.45, 7) is 3.92. The molecule has 0 spiro atoms. The zero-order valence-electron chi connectivity index (χ0n) is 8.71. The van der Waals surface area contributed by atoms with Crippen LogP contribution in [0, 0.1) is 0 Å². The molecule has 1 saturated heterocycles. The third-order valence-corrected chi connectivity index (χ3v) is 2.85. The van der Waals surface area contributed by atoms with Gasteiger partial charge in [-0.25, -0.2) is 0 Å². The third-order valence-electron chi connectivity index (χ3n) is 2.02. The number of ether oxygens (including phenoxy) is 1. The third kappa shape index (κ3) is 4.30. The second kappa shape index (κ2) is 6.27. The molecule has 4 nitrogen and oxygen atoms in total. The van der Waals surface area contributed by atoms with Crippen LogP contribution in [0.4, 0.5) is 0 Å². The first-order valence-corrected chi connectivity index (χ1v) is 6.22. The molecule has 1 amide bonds. The van der Waals surface area contributed by atoms with Crippen molar-refractivity contribution in [3.8, 4) is 0 Å². The van der Waals surface area contributed by atoms with Gasteiger partial charge in [-0.15, -0.1) is 0 Å². The fraction of sp³-hybridized carbons (Fsp3) is 0.889. The number of hydrogen-bond donors (Lipinski definition) is 2. The van der Waals surface area contributed by atoms with E-state index in [0.717, 1.165) is 18.8 Å². The van der Waals surface area contributed by atoms with E-state index in [0.29, 0.717) is 0 Å². The minimum Gasteiger partial charge on any atom is -0.366 e. The summed E-state index contributed by atoms with van der Waals surface area (Å²) in [5, 5.41) is 5.97. The van der Waals surface area contributed by atoms with E-state index in [2.05, 4.69) is 10.6 Å². The molecule has 1 rings (SSSR count). The van der Waals surface area contributed by atoms with Crippen LogP contribution in [0.2, 0.25) is 0 Å². The monoisotopic (exact) mass is 218 g/mol. The Balaban J connectivity index is 2.02. The molecule has 0 aromatic rings. The van der Waals surface area contributed by atoms with Crippen molar-refractivity contribution in [3.05, 3.63) is 0 Å². The van der Waals surface area contributed by atoms with Crippen LogP contribution in [0.3, 0.4) is 0 Å². The van der Waals surface area contributed by atoms with Gasteiger partial charge in [-0.05, 0) is 13.2 Å². The largest absolute Gasteiger partial charge is 0.366 e. The zero-order valence-corrected chi connectivity index (χ0v) is 9.52. The van der Waals surface area contributed by atoms with Crippen molar-refractivity contribution < 1.29 is 9.53 Å². The lowest BCUT2D eigenvalue weighted by molar-refractivity contribution is -0.129. The SMILES string of the molecule is CSCC(C)NC(=O)COC1CNC1. The highest BCUT2D eigenvalue weighted by Crippen LogP contribution is 1.98. The van der Waals surface area contributed by atoms with E-state index in [9.17, 15) is 4.79 Å². The van der Waals surface area contributed by atoms with E-state index in [1.807, 2.05) is 13.2 Å². The lowest BCUT2D eigenvalue weighted by Gasteiger charge is -2.27. The van der Waals surface area contributed by atoms with E-state index in [4.69, 9.17) is 4.74 Å². The van der Waals surface area contributed by atoms with E-state index >= 15 is 0 Å². The molecular formula is C9H18N2O2S. The van der Waals surface area contributed by atoms with Gasteiger partial charge in [0, 0.05) is 24.9 Å². The van der Waals surface area contributed by atoms with Gasteiger partial charge in [0.05, 0.1) is 6.10 Å². The summed E-state index contributed by atoms with van der Waals surface area (Å²) < 4.78 is 5.34. The van der Waals surface area contributed by atoms with Gasteiger partial charge < -0.3 is 15.4 Å². The van der Waals surface area contributed by atoms with Crippen molar-refractivity contribution >= 4 is 17.7 Å². The Morgan fingerprint density at radius 1 is 1.71 bits per heavy atom. The summed E-state index contributed by atoms with van der Waals surface area (Å²) in [5.74, 6) is 0.926. The maximum atomic E-state index is 11.3. The molecular weight excluding hydrogens is 200 g/mol. The Labute approximate surface area is 89.2 Å². The maximum absolute atomic E-state index is 11.3. The Morgan fingerprint density at radius 3 is 2.93 bits per heavy atom. The second-order valence-electron chi connectivity index (χ2n) is 3.52. The normalized spacial score (nSPS) is 18.7. The van der Waals surface area contributed by atoms with E-state index in [1.165, 1.54) is 0 Å². The van der Waals surface area contributed by atoms with Crippen molar-refractivity contribution in [2.24, 2.45) is 0 Å². The van der Waals surface area contributed by atoms with Crippen molar-refractivity contribution in [2.75, 3.05) is 31.7 Å². The lowest BCUT2D eigenvalue weighted by atomic mass is 10.2. The summed E-state index contributed by atoms with van der Waals surface area (Å²) >= 11 is 1.73. The van der Waals surface area contributed by atoms with Crippen LogP contribution in [0.5, 0.6) is 0 Å². The van der Waals surface area contributed by atoms with Crippen LogP contribution in [0.25, 0.3) is 0 Å². The van der Waals surface area contributed by atoms with Gasteiger partial charge in [0.2, 0.25) is 5.91 Å². The fourth-order valence-electron chi connectivity index (χ4n) is 1.18. The molecule has 5 heteroatoms. The van der Waals surface area contributed by atoms with E-state index in [1.54, 1.807) is 11.8 Å². The first-order valence-electron chi connectivity index (χ1n) is 4.83. The first-order chi connectivity index (χ1) is 6.72. The molecule has 2 N–H and O–H groups in total. The van der Waals surface area contributed by atoms with Crippen molar-refractivity contribution in [3.63, 3.8) is 0 Å². The van der Waals surface area contributed by atoms with Crippen molar-refractivity contribution in [2.45, 2.75) is 19.1 Å². The predicted octanol–water partition coefficient (Wildman–Crippen LogP) is -0.157. The van der Waals surface area contributed by atoms with Gasteiger partial charge in [-0.3, -0.25) is 4.79 Å². The molecule has 1 atom stereocenters. The molecule has 1 aliphatic rings. The standard InChI is InChI=1S/C9H18N2O2S/c1-7(6-14-2)11-9(12)5-13-8-3-10-4-8/h7-8,10H,3-6H2,1-2H3,(H,11,12). The minimum atomic E-state index is -0.0153. The molecule has 0 aliphatic carbocycles. The number of rotatable bonds is 6. The van der Waals surface area contributed by atoms with E-state index in [-0.39, 0.29) is 24.7 Å². The van der Waals surface area contributed by atoms with Gasteiger partial charge in [0.1, 0.15) is 6.61 Å². The number of carbonyl (C=O) groups is 1. The van der Waals surface area contributed by atoms with Gasteiger partial charge >= 0.3 is 0 Å². The summed E-state index contributed by atoms with van der Waals surface area (Å²) in [4.78, 5) is 11.3. The number of nitrogens with one attached hydrogen (secondary N) is 2. The number of thioether (sulfide) groups is 1. The van der Waals surface area contributed by atoms with Gasteiger partial charge in [0.15, 0.2) is 0 Å². The summed E-state index contributed by atoms with van der Waals surface area (Å²) in [5.41, 5.74) is 0. The molecule has 0 saturated carbocycles. The Morgan fingerprint density at radius 2 is 2.43 bits per heavy atom. The highest BCUT2D eigenvalue weighted by Gasteiger charge is 2.18. The quantitative estimate of drug-likeness (QED) is 0.650. The number of hydrogen-bond acceptors (Lipinski definition) is 4. The topological polar surface area (TPSA) is 50.4 Å². The maximum Gasteiger partial charge on any atom is 0.246 e. The van der Waals surface area contributed by atoms with Crippen LogP contribution in [-0.2, 0) is 9.53 Å². The molecule has 0 radical (unpaired) electrons. The zero-order chi connectivity index (χ0) is 10.4. The van der Waals surface area contributed by atoms with Gasteiger partial charge in [-0.1, -0.05) is 0 Å². The average Bonchev–Trinajstić information content (AvgIpc) is 2.01. The van der Waals surface area contributed by atoms with Crippen LogP contribution in [0.15, 0.2) is 0 Å². The number of amides is 1. The molecule has 14 heavy (non-hydrogen) atoms. The summed E-state index contributed by atoms with van der Waals surface area (Å²) in [6.07, 6.45) is 2.26. The predicted molar refractivity (Wildman–Crippen MR) is 58.6 cm³/mol. The van der Waals surface area contributed by atoms with Crippen molar-refractivity contribution in [1.29, 1.82) is 0 Å². The van der Waals surface area contributed by atoms with Gasteiger partial charge in [-0.2, -0.15) is 11.8 Å². The molecule has 1 aliphatic heterocycles. The van der Waals surface area contributed by atoms with E-state index < -0.39 is 0 Å². The van der Waals surface area contributed by atoms with Crippen LogP contribution >= 0.6 is 11.8 Å². The molecule has 82 valence electrons. The smallest absolute Gasteiger partial charge is 0.246 e. The molecule has 1 heterocycles. The lowest BCUT2D eigenvalue weighted by Crippen LogP contribution is -2.50. The molecule has 1 unspecified atom stereocenters. The molecule has 1 fully saturated rings. The Kier molecular flexibility index (Phi) is 5.29. The highest BCUT2D eigenvalue weighted by atomic mass is 32.2. The number of carbonyl (C=O) groups excluding carboxylic acids is 1. The highest BCUT2D eigenvalue weighted by molar-refractivity contribution is 7.98. The Bertz CT molecular complexity index is 186.